The highest BCUT2D eigenvalue weighted by Gasteiger charge is 2.57. The minimum atomic E-state index is 0.0690. The van der Waals surface area contributed by atoms with Gasteiger partial charge in [0.2, 0.25) is 5.91 Å². The third-order valence-corrected chi connectivity index (χ3v) is 9.15. The monoisotopic (exact) mass is 451 g/mol. The van der Waals surface area contributed by atoms with Gasteiger partial charge in [-0.25, -0.2) is 4.98 Å². The molecule has 2 fully saturated rings. The summed E-state index contributed by atoms with van der Waals surface area (Å²) in [7, 11) is 1.66. The van der Waals surface area contributed by atoms with Gasteiger partial charge in [-0.05, 0) is 80.2 Å². The fourth-order valence-corrected chi connectivity index (χ4v) is 7.71. The molecule has 1 heterocycles. The van der Waals surface area contributed by atoms with E-state index in [1.807, 2.05) is 6.92 Å². The maximum Gasteiger partial charge on any atom is 0.226 e. The van der Waals surface area contributed by atoms with Crippen LogP contribution in [0.1, 0.15) is 67.4 Å². The van der Waals surface area contributed by atoms with Crippen molar-refractivity contribution in [2.75, 3.05) is 12.4 Å². The van der Waals surface area contributed by atoms with Crippen molar-refractivity contribution in [3.8, 4) is 0 Å². The largest absolute Gasteiger partial charge is 0.399 e. The molecule has 5 nitrogen and oxygen atoms in total. The highest BCUT2D eigenvalue weighted by molar-refractivity contribution is 7.15. The zero-order valence-electron chi connectivity index (χ0n) is 19.3. The molecule has 2 saturated carbocycles. The van der Waals surface area contributed by atoms with Gasteiger partial charge < -0.3 is 10.2 Å². The summed E-state index contributed by atoms with van der Waals surface area (Å²) in [5, 5.41) is 8.21. The second-order valence-electron chi connectivity index (χ2n) is 10.0. The first-order chi connectivity index (χ1) is 15.5. The van der Waals surface area contributed by atoms with Crippen LogP contribution in [0, 0.1) is 30.1 Å². The molecular weight excluding hydrogens is 418 g/mol. The van der Waals surface area contributed by atoms with Crippen LogP contribution in [0.25, 0.3) is 0 Å². The van der Waals surface area contributed by atoms with E-state index in [0.29, 0.717) is 35.2 Å². The summed E-state index contributed by atoms with van der Waals surface area (Å²) < 4.78 is 0. The SMILES string of the molecule is CO/N=C1\CC(CCC(=O)Nc2ncc(C)s2)C2C3CCc4ccccc4C3CCC12C. The Balaban J connectivity index is 1.37. The zero-order valence-corrected chi connectivity index (χ0v) is 20.1. The first-order valence-corrected chi connectivity index (χ1v) is 12.7. The van der Waals surface area contributed by atoms with Crippen molar-refractivity contribution < 1.29 is 9.63 Å². The summed E-state index contributed by atoms with van der Waals surface area (Å²) in [4.78, 5) is 23.3. The molecule has 5 atom stereocenters. The second-order valence-corrected chi connectivity index (χ2v) is 11.3. The summed E-state index contributed by atoms with van der Waals surface area (Å²) in [6, 6.07) is 9.04. The Bertz CT molecular complexity index is 1030. The predicted molar refractivity (Wildman–Crippen MR) is 129 cm³/mol. The Labute approximate surface area is 194 Å². The average Bonchev–Trinajstić information content (AvgIpc) is 3.32. The number of rotatable bonds is 5. The smallest absolute Gasteiger partial charge is 0.226 e. The van der Waals surface area contributed by atoms with E-state index in [4.69, 9.17) is 4.84 Å². The molecule has 3 aliphatic rings. The maximum atomic E-state index is 12.7. The lowest BCUT2D eigenvalue weighted by Crippen LogP contribution is -2.44. The van der Waals surface area contributed by atoms with Gasteiger partial charge in [-0.15, -0.1) is 11.3 Å². The molecule has 2 aromatic rings. The van der Waals surface area contributed by atoms with Crippen LogP contribution < -0.4 is 5.32 Å². The van der Waals surface area contributed by atoms with Gasteiger partial charge in [0.1, 0.15) is 7.11 Å². The Morgan fingerprint density at radius 2 is 2.19 bits per heavy atom. The van der Waals surface area contributed by atoms with E-state index in [2.05, 4.69) is 46.6 Å². The molecule has 0 saturated heterocycles. The van der Waals surface area contributed by atoms with Crippen LogP contribution in [0.5, 0.6) is 0 Å². The third kappa shape index (κ3) is 3.76. The molecular formula is C26H33N3O2S. The van der Waals surface area contributed by atoms with Crippen LogP contribution in [0.4, 0.5) is 5.13 Å². The van der Waals surface area contributed by atoms with Crippen molar-refractivity contribution in [2.24, 2.45) is 28.3 Å². The van der Waals surface area contributed by atoms with Crippen LogP contribution in [-0.2, 0) is 16.1 Å². The summed E-state index contributed by atoms with van der Waals surface area (Å²) in [6.07, 6.45) is 8.95. The van der Waals surface area contributed by atoms with Crippen molar-refractivity contribution >= 4 is 28.1 Å². The molecule has 0 spiro atoms. The predicted octanol–water partition coefficient (Wildman–Crippen LogP) is 5.96. The first kappa shape index (κ1) is 21.6. The Morgan fingerprint density at radius 1 is 1.34 bits per heavy atom. The number of carbonyl (C=O) groups excluding carboxylic acids is 1. The Hall–Kier alpha value is -2.21. The molecule has 0 bridgehead atoms. The minimum Gasteiger partial charge on any atom is -0.399 e. The van der Waals surface area contributed by atoms with Gasteiger partial charge in [0, 0.05) is 22.9 Å². The number of benzene rings is 1. The van der Waals surface area contributed by atoms with Crippen LogP contribution in [0.15, 0.2) is 35.6 Å². The molecule has 0 aliphatic heterocycles. The van der Waals surface area contributed by atoms with Gasteiger partial charge >= 0.3 is 0 Å². The fraction of sp³-hybridized carbons (Fsp3) is 0.577. The van der Waals surface area contributed by atoms with Crippen molar-refractivity contribution in [1.29, 1.82) is 0 Å². The molecule has 1 aromatic carbocycles. The van der Waals surface area contributed by atoms with Gasteiger partial charge in [0.25, 0.3) is 0 Å². The molecule has 3 aliphatic carbocycles. The number of aromatic nitrogens is 1. The van der Waals surface area contributed by atoms with Crippen LogP contribution in [-0.4, -0.2) is 23.7 Å². The number of hydrogen-bond acceptors (Lipinski definition) is 5. The van der Waals surface area contributed by atoms with Crippen molar-refractivity contribution in [3.05, 3.63) is 46.5 Å². The number of aryl methyl sites for hydroxylation is 2. The number of nitrogens with zero attached hydrogens (tertiary/aromatic N) is 2. The van der Waals surface area contributed by atoms with E-state index in [1.54, 1.807) is 18.9 Å². The van der Waals surface area contributed by atoms with E-state index in [9.17, 15) is 4.79 Å². The van der Waals surface area contributed by atoms with Gasteiger partial charge in [0.05, 0.1) is 5.71 Å². The molecule has 5 unspecified atom stereocenters. The molecule has 0 radical (unpaired) electrons. The number of carbonyl (C=O) groups is 1. The zero-order chi connectivity index (χ0) is 22.3. The molecule has 1 aromatic heterocycles. The summed E-state index contributed by atoms with van der Waals surface area (Å²) in [6.45, 7) is 4.41. The van der Waals surface area contributed by atoms with E-state index in [-0.39, 0.29) is 11.3 Å². The number of anilines is 1. The Morgan fingerprint density at radius 3 is 2.97 bits per heavy atom. The molecule has 5 rings (SSSR count). The lowest BCUT2D eigenvalue weighted by molar-refractivity contribution is -0.116. The van der Waals surface area contributed by atoms with Gasteiger partial charge in [0.15, 0.2) is 5.13 Å². The maximum absolute atomic E-state index is 12.7. The second kappa shape index (κ2) is 8.62. The molecule has 170 valence electrons. The minimum absolute atomic E-state index is 0.0690. The number of oxime groups is 1. The van der Waals surface area contributed by atoms with Gasteiger partial charge in [-0.3, -0.25) is 4.79 Å². The van der Waals surface area contributed by atoms with Crippen LogP contribution in [0.2, 0.25) is 0 Å². The average molecular weight is 452 g/mol. The topological polar surface area (TPSA) is 63.6 Å². The van der Waals surface area contributed by atoms with Crippen LogP contribution in [0.3, 0.4) is 0 Å². The third-order valence-electron chi connectivity index (χ3n) is 8.32. The summed E-state index contributed by atoms with van der Waals surface area (Å²) in [5.41, 5.74) is 4.40. The van der Waals surface area contributed by atoms with Gasteiger partial charge in [-0.1, -0.05) is 36.3 Å². The van der Waals surface area contributed by atoms with E-state index in [1.165, 1.54) is 35.5 Å². The summed E-state index contributed by atoms with van der Waals surface area (Å²) in [5.74, 6) is 2.38. The van der Waals surface area contributed by atoms with Crippen LogP contribution >= 0.6 is 11.3 Å². The van der Waals surface area contributed by atoms with Crippen molar-refractivity contribution in [2.45, 2.75) is 64.7 Å². The molecule has 1 N–H and O–H groups in total. The highest BCUT2D eigenvalue weighted by atomic mass is 32.1. The van der Waals surface area contributed by atoms with E-state index < -0.39 is 0 Å². The highest BCUT2D eigenvalue weighted by Crippen LogP contribution is 2.62. The standard InChI is InChI=1S/C26H33N3O2S/c1-16-15-27-25(32-16)28-23(30)11-9-18-14-22(29-31-3)26(2)13-12-20-19-7-5-4-6-17(19)8-10-21(20)24(18)26/h4-7,15,18,20-21,24H,8-14H2,1-3H3,(H,27,28,30)/b29-22+. The Kier molecular flexibility index (Phi) is 5.82. The molecule has 1 amide bonds. The quantitative estimate of drug-likeness (QED) is 0.571. The number of nitrogens with one attached hydrogen (secondary N) is 1. The molecule has 6 heteroatoms. The van der Waals surface area contributed by atoms with Crippen molar-refractivity contribution in [1.82, 2.24) is 4.98 Å². The van der Waals surface area contributed by atoms with Gasteiger partial charge in [-0.2, -0.15) is 0 Å². The normalized spacial score (nSPS) is 32.2. The number of hydrogen-bond donors (Lipinski definition) is 1. The van der Waals surface area contributed by atoms with Crippen molar-refractivity contribution in [3.63, 3.8) is 0 Å². The number of fused-ring (bicyclic) bond motifs is 5. The number of amides is 1. The fourth-order valence-electron chi connectivity index (χ4n) is 7.03. The number of thiazole rings is 1. The molecule has 32 heavy (non-hydrogen) atoms. The lowest BCUT2D eigenvalue weighted by atomic mass is 9.54. The first-order valence-electron chi connectivity index (χ1n) is 11.9. The van der Waals surface area contributed by atoms with E-state index in [0.717, 1.165) is 30.6 Å². The van der Waals surface area contributed by atoms with E-state index >= 15 is 0 Å². The lowest BCUT2D eigenvalue weighted by Gasteiger charge is -2.50. The summed E-state index contributed by atoms with van der Waals surface area (Å²) >= 11 is 1.53.